The van der Waals surface area contributed by atoms with E-state index in [1.54, 1.807) is 12.1 Å². The van der Waals surface area contributed by atoms with Crippen molar-refractivity contribution < 1.29 is 18.4 Å². The predicted octanol–water partition coefficient (Wildman–Crippen LogP) is 2.47. The fourth-order valence-corrected chi connectivity index (χ4v) is 3.75. The van der Waals surface area contributed by atoms with Gasteiger partial charge in [0.1, 0.15) is 5.82 Å². The second-order valence-electron chi connectivity index (χ2n) is 6.99. The molecule has 0 unspecified atom stereocenters. The molecule has 1 aromatic heterocycles. The van der Waals surface area contributed by atoms with Crippen molar-refractivity contribution in [1.82, 2.24) is 15.0 Å². The third-order valence-corrected chi connectivity index (χ3v) is 5.33. The average molecular weight is 359 g/mol. The SMILES string of the molecule is O=C1CCCCN1CCc1nc([C@@]2(c3ccc(F)cc3)CCOC2)no1. The third kappa shape index (κ3) is 3.23. The van der Waals surface area contributed by atoms with Gasteiger partial charge in [-0.25, -0.2) is 4.39 Å². The van der Waals surface area contributed by atoms with Crippen LogP contribution in [0.1, 0.15) is 43.0 Å². The lowest BCUT2D eigenvalue weighted by Crippen LogP contribution is -2.36. The third-order valence-electron chi connectivity index (χ3n) is 5.33. The molecule has 2 aromatic rings. The zero-order chi connectivity index (χ0) is 18.0. The second kappa shape index (κ2) is 7.15. The number of piperidine rings is 1. The lowest BCUT2D eigenvalue weighted by atomic mass is 9.79. The highest BCUT2D eigenvalue weighted by Crippen LogP contribution is 2.38. The number of carbonyl (C=O) groups excluding carboxylic acids is 1. The number of likely N-dealkylation sites (tertiary alicyclic amines) is 1. The molecule has 3 heterocycles. The maximum atomic E-state index is 13.3. The van der Waals surface area contributed by atoms with Crippen molar-refractivity contribution in [3.05, 3.63) is 47.4 Å². The van der Waals surface area contributed by atoms with E-state index in [-0.39, 0.29) is 11.7 Å². The average Bonchev–Trinajstić information content (AvgIpc) is 3.32. The summed E-state index contributed by atoms with van der Waals surface area (Å²) in [6.07, 6.45) is 3.91. The molecule has 26 heavy (non-hydrogen) atoms. The molecule has 2 aliphatic rings. The van der Waals surface area contributed by atoms with Gasteiger partial charge in [-0.2, -0.15) is 4.98 Å². The molecule has 1 atom stereocenters. The van der Waals surface area contributed by atoms with Gasteiger partial charge in [0, 0.05) is 32.5 Å². The van der Waals surface area contributed by atoms with Gasteiger partial charge in [-0.05, 0) is 37.0 Å². The molecule has 4 rings (SSSR count). The first-order valence-corrected chi connectivity index (χ1v) is 9.12. The van der Waals surface area contributed by atoms with E-state index in [0.717, 1.165) is 31.4 Å². The lowest BCUT2D eigenvalue weighted by molar-refractivity contribution is -0.133. The van der Waals surface area contributed by atoms with Crippen LogP contribution in [0, 0.1) is 5.82 Å². The van der Waals surface area contributed by atoms with Crippen LogP contribution >= 0.6 is 0 Å². The van der Waals surface area contributed by atoms with Gasteiger partial charge in [0.05, 0.1) is 12.0 Å². The Morgan fingerprint density at radius 3 is 2.81 bits per heavy atom. The Bertz CT molecular complexity index is 769. The lowest BCUT2D eigenvalue weighted by Gasteiger charge is -2.26. The number of amides is 1. The summed E-state index contributed by atoms with van der Waals surface area (Å²) in [6.45, 7) is 2.44. The van der Waals surface area contributed by atoms with Crippen LogP contribution in [-0.4, -0.2) is 47.3 Å². The number of nitrogens with zero attached hydrogens (tertiary/aromatic N) is 3. The minimum atomic E-state index is -0.504. The summed E-state index contributed by atoms with van der Waals surface area (Å²) in [5, 5.41) is 4.19. The fourth-order valence-electron chi connectivity index (χ4n) is 3.75. The van der Waals surface area contributed by atoms with Crippen molar-refractivity contribution in [2.24, 2.45) is 0 Å². The standard InChI is InChI=1S/C19H22FN3O3/c20-15-6-4-14(5-7-15)19(9-12-25-13-19)18-21-16(26-22-18)8-11-23-10-2-1-3-17(23)24/h4-7H,1-3,8-13H2/t19-/m0/s1. The molecule has 6 nitrogen and oxygen atoms in total. The number of halogens is 1. The zero-order valence-electron chi connectivity index (χ0n) is 14.6. The van der Waals surface area contributed by atoms with Crippen molar-refractivity contribution in [1.29, 1.82) is 0 Å². The van der Waals surface area contributed by atoms with Crippen molar-refractivity contribution in [2.75, 3.05) is 26.3 Å². The molecule has 2 saturated heterocycles. The Balaban J connectivity index is 1.51. The number of ether oxygens (including phenoxy) is 1. The molecule has 2 aliphatic heterocycles. The highest BCUT2D eigenvalue weighted by atomic mass is 19.1. The largest absolute Gasteiger partial charge is 0.380 e. The molecule has 7 heteroatoms. The first-order valence-electron chi connectivity index (χ1n) is 9.12. The van der Waals surface area contributed by atoms with E-state index in [4.69, 9.17) is 9.26 Å². The van der Waals surface area contributed by atoms with Gasteiger partial charge < -0.3 is 14.2 Å². The van der Waals surface area contributed by atoms with Crippen LogP contribution in [-0.2, 0) is 21.4 Å². The van der Waals surface area contributed by atoms with Crippen LogP contribution < -0.4 is 0 Å². The molecular weight excluding hydrogens is 337 g/mol. The van der Waals surface area contributed by atoms with Gasteiger partial charge in [-0.15, -0.1) is 0 Å². The molecule has 138 valence electrons. The summed E-state index contributed by atoms with van der Waals surface area (Å²) in [5.41, 5.74) is 0.422. The smallest absolute Gasteiger partial charge is 0.228 e. The van der Waals surface area contributed by atoms with Gasteiger partial charge in [0.15, 0.2) is 5.82 Å². The molecule has 0 N–H and O–H groups in total. The predicted molar refractivity (Wildman–Crippen MR) is 91.0 cm³/mol. The number of hydrogen-bond acceptors (Lipinski definition) is 5. The highest BCUT2D eigenvalue weighted by molar-refractivity contribution is 5.76. The summed E-state index contributed by atoms with van der Waals surface area (Å²) >= 11 is 0. The van der Waals surface area contributed by atoms with E-state index in [1.165, 1.54) is 12.1 Å². The zero-order valence-corrected chi connectivity index (χ0v) is 14.6. The minimum absolute atomic E-state index is 0.197. The van der Waals surface area contributed by atoms with Crippen LogP contribution in [0.15, 0.2) is 28.8 Å². The molecule has 2 fully saturated rings. The van der Waals surface area contributed by atoms with E-state index >= 15 is 0 Å². The number of benzene rings is 1. The first kappa shape index (κ1) is 17.1. The quantitative estimate of drug-likeness (QED) is 0.820. The molecule has 0 aliphatic carbocycles. The fraction of sp³-hybridized carbons (Fsp3) is 0.526. The van der Waals surface area contributed by atoms with Crippen LogP contribution in [0.5, 0.6) is 0 Å². The van der Waals surface area contributed by atoms with E-state index in [9.17, 15) is 9.18 Å². The molecule has 1 amide bonds. The Kier molecular flexibility index (Phi) is 4.72. The Hall–Kier alpha value is -2.28. The normalized spacial score (nSPS) is 23.6. The van der Waals surface area contributed by atoms with Gasteiger partial charge in [-0.1, -0.05) is 17.3 Å². The van der Waals surface area contributed by atoms with E-state index < -0.39 is 5.41 Å². The van der Waals surface area contributed by atoms with Crippen LogP contribution in [0.25, 0.3) is 0 Å². The maximum Gasteiger partial charge on any atom is 0.228 e. The minimum Gasteiger partial charge on any atom is -0.380 e. The molecule has 1 aromatic carbocycles. The van der Waals surface area contributed by atoms with E-state index in [0.29, 0.717) is 44.3 Å². The van der Waals surface area contributed by atoms with Crippen molar-refractivity contribution >= 4 is 5.91 Å². The van der Waals surface area contributed by atoms with Crippen molar-refractivity contribution in [3.63, 3.8) is 0 Å². The second-order valence-corrected chi connectivity index (χ2v) is 6.99. The van der Waals surface area contributed by atoms with Gasteiger partial charge in [-0.3, -0.25) is 4.79 Å². The molecule has 0 spiro atoms. The van der Waals surface area contributed by atoms with E-state index in [2.05, 4.69) is 10.1 Å². The van der Waals surface area contributed by atoms with Crippen molar-refractivity contribution in [3.8, 4) is 0 Å². The topological polar surface area (TPSA) is 68.5 Å². The van der Waals surface area contributed by atoms with Gasteiger partial charge >= 0.3 is 0 Å². The molecule has 0 radical (unpaired) electrons. The Morgan fingerprint density at radius 2 is 2.08 bits per heavy atom. The number of rotatable bonds is 5. The summed E-state index contributed by atoms with van der Waals surface area (Å²) in [5.74, 6) is 1.01. The summed E-state index contributed by atoms with van der Waals surface area (Å²) in [4.78, 5) is 18.4. The molecular formula is C19H22FN3O3. The summed E-state index contributed by atoms with van der Waals surface area (Å²) in [6, 6.07) is 6.40. The number of hydrogen-bond donors (Lipinski definition) is 0. The molecule has 0 bridgehead atoms. The Labute approximate surface area is 151 Å². The van der Waals surface area contributed by atoms with Crippen molar-refractivity contribution in [2.45, 2.75) is 37.5 Å². The maximum absolute atomic E-state index is 13.3. The summed E-state index contributed by atoms with van der Waals surface area (Å²) in [7, 11) is 0. The van der Waals surface area contributed by atoms with Crippen LogP contribution in [0.4, 0.5) is 4.39 Å². The van der Waals surface area contributed by atoms with Gasteiger partial charge in [0.2, 0.25) is 11.8 Å². The summed E-state index contributed by atoms with van der Waals surface area (Å²) < 4.78 is 24.4. The Morgan fingerprint density at radius 1 is 1.23 bits per heavy atom. The van der Waals surface area contributed by atoms with Crippen LogP contribution in [0.2, 0.25) is 0 Å². The highest BCUT2D eigenvalue weighted by Gasteiger charge is 2.42. The molecule has 0 saturated carbocycles. The van der Waals surface area contributed by atoms with E-state index in [1.807, 2.05) is 4.90 Å². The monoisotopic (exact) mass is 359 g/mol. The van der Waals surface area contributed by atoms with Crippen LogP contribution in [0.3, 0.4) is 0 Å². The van der Waals surface area contributed by atoms with Gasteiger partial charge in [0.25, 0.3) is 0 Å². The first-order chi connectivity index (χ1) is 12.7. The number of carbonyl (C=O) groups is 1. The number of aromatic nitrogens is 2.